The van der Waals surface area contributed by atoms with Crippen LogP contribution in [0.5, 0.6) is 0 Å². The van der Waals surface area contributed by atoms with Gasteiger partial charge in [0, 0.05) is 22.6 Å². The highest BCUT2D eigenvalue weighted by Gasteiger charge is 2.45. The van der Waals surface area contributed by atoms with Gasteiger partial charge in [-0.15, -0.1) is 0 Å². The van der Waals surface area contributed by atoms with Gasteiger partial charge in [0.1, 0.15) is 12.4 Å². The molecule has 5 rings (SSSR count). The summed E-state index contributed by atoms with van der Waals surface area (Å²) in [7, 11) is 0. The van der Waals surface area contributed by atoms with Gasteiger partial charge >= 0.3 is 5.97 Å². The highest BCUT2D eigenvalue weighted by molar-refractivity contribution is 5.89. The Morgan fingerprint density at radius 2 is 2.03 bits per heavy atom. The zero-order valence-electron chi connectivity index (χ0n) is 17.3. The molecule has 0 aliphatic carbocycles. The normalized spacial score (nSPS) is 20.3. The lowest BCUT2D eigenvalue weighted by Crippen LogP contribution is -2.44. The van der Waals surface area contributed by atoms with Gasteiger partial charge in [0.2, 0.25) is 0 Å². The first kappa shape index (κ1) is 19.8. The van der Waals surface area contributed by atoms with Crippen LogP contribution in [0.4, 0.5) is 4.39 Å². The number of aromatic nitrogens is 2. The van der Waals surface area contributed by atoms with Gasteiger partial charge < -0.3 is 19.5 Å². The Morgan fingerprint density at radius 3 is 2.71 bits per heavy atom. The summed E-state index contributed by atoms with van der Waals surface area (Å²) < 4.78 is 20.8. The summed E-state index contributed by atoms with van der Waals surface area (Å²) in [6, 6.07) is 4.57. The van der Waals surface area contributed by atoms with Crippen molar-refractivity contribution in [2.24, 2.45) is 0 Å². The largest absolute Gasteiger partial charge is 0.458 e. The first-order valence-electron chi connectivity index (χ1n) is 10.1. The van der Waals surface area contributed by atoms with E-state index in [1.165, 1.54) is 10.6 Å². The average molecular weight is 424 g/mol. The first-order chi connectivity index (χ1) is 14.7. The van der Waals surface area contributed by atoms with Crippen molar-refractivity contribution < 1.29 is 24.1 Å². The molecule has 31 heavy (non-hydrogen) atoms. The number of pyridine rings is 2. The molecule has 2 aliphatic rings. The molecule has 0 fully saturated rings. The Kier molecular flexibility index (Phi) is 4.13. The van der Waals surface area contributed by atoms with Crippen LogP contribution in [0, 0.1) is 12.7 Å². The van der Waals surface area contributed by atoms with E-state index in [4.69, 9.17) is 4.74 Å². The number of fused-ring (bicyclic) bond motifs is 5. The molecule has 160 valence electrons. The maximum absolute atomic E-state index is 14.3. The second-order valence-corrected chi connectivity index (χ2v) is 8.25. The molecule has 8 heteroatoms. The highest BCUT2D eigenvalue weighted by Crippen LogP contribution is 2.41. The number of hydrogen-bond acceptors (Lipinski definition) is 6. The van der Waals surface area contributed by atoms with Gasteiger partial charge in [-0.05, 0) is 43.5 Å². The molecule has 0 spiro atoms. The molecule has 2 N–H and O–H groups in total. The molecular formula is C23H21FN2O5. The minimum absolute atomic E-state index is 0.0448. The number of aliphatic hydroxyl groups is 2. The minimum Gasteiger partial charge on any atom is -0.458 e. The topological polar surface area (TPSA) is 102 Å². The molecule has 0 saturated carbocycles. The molecule has 0 bridgehead atoms. The lowest BCUT2D eigenvalue weighted by atomic mass is 9.86. The number of nitrogens with zero attached hydrogens (tertiary/aromatic N) is 2. The second kappa shape index (κ2) is 6.45. The third-order valence-corrected chi connectivity index (χ3v) is 6.43. The summed E-state index contributed by atoms with van der Waals surface area (Å²) >= 11 is 0. The lowest BCUT2D eigenvalue weighted by molar-refractivity contribution is -0.172. The number of halogens is 1. The zero-order chi connectivity index (χ0) is 22.2. The predicted molar refractivity (Wildman–Crippen MR) is 110 cm³/mol. The molecule has 3 aromatic rings. The van der Waals surface area contributed by atoms with E-state index in [1.807, 2.05) is 0 Å². The van der Waals surface area contributed by atoms with E-state index in [1.54, 1.807) is 32.9 Å². The molecule has 2 aromatic heterocycles. The first-order valence-corrected chi connectivity index (χ1v) is 10.1. The van der Waals surface area contributed by atoms with Gasteiger partial charge in [0.25, 0.3) is 5.56 Å². The highest BCUT2D eigenvalue weighted by atomic mass is 19.1. The molecule has 0 radical (unpaired) electrons. The number of ether oxygens (including phenoxy) is 1. The predicted octanol–water partition coefficient (Wildman–Crippen LogP) is 2.58. The van der Waals surface area contributed by atoms with Crippen LogP contribution in [0.2, 0.25) is 0 Å². The molecule has 1 aromatic carbocycles. The smallest absolute Gasteiger partial charge is 0.343 e. The van der Waals surface area contributed by atoms with Gasteiger partial charge in [-0.1, -0.05) is 6.92 Å². The van der Waals surface area contributed by atoms with Crippen molar-refractivity contribution in [3.63, 3.8) is 0 Å². The van der Waals surface area contributed by atoms with E-state index in [0.29, 0.717) is 39.0 Å². The van der Waals surface area contributed by atoms with Crippen molar-refractivity contribution in [2.45, 2.75) is 52.0 Å². The molecule has 4 heterocycles. The van der Waals surface area contributed by atoms with E-state index in [9.17, 15) is 24.2 Å². The van der Waals surface area contributed by atoms with Crippen molar-refractivity contribution in [1.29, 1.82) is 0 Å². The van der Waals surface area contributed by atoms with Gasteiger partial charge in [-0.25, -0.2) is 14.2 Å². The zero-order valence-corrected chi connectivity index (χ0v) is 17.3. The second-order valence-electron chi connectivity index (χ2n) is 8.25. The molecule has 0 amide bonds. The summed E-state index contributed by atoms with van der Waals surface area (Å²) in [6.45, 7) is 4.86. The summed E-state index contributed by atoms with van der Waals surface area (Å²) in [4.78, 5) is 30.2. The lowest BCUT2D eigenvalue weighted by Gasteiger charge is -2.31. The third-order valence-electron chi connectivity index (χ3n) is 6.43. The van der Waals surface area contributed by atoms with Crippen LogP contribution in [0.25, 0.3) is 22.3 Å². The van der Waals surface area contributed by atoms with Crippen LogP contribution < -0.4 is 5.56 Å². The monoisotopic (exact) mass is 424 g/mol. The van der Waals surface area contributed by atoms with Crippen LogP contribution in [0.1, 0.15) is 54.2 Å². The molecule has 0 saturated heterocycles. The Labute approximate surface area is 176 Å². The third kappa shape index (κ3) is 2.55. The summed E-state index contributed by atoms with van der Waals surface area (Å²) in [6.07, 6.45) is -0.829. The number of aliphatic hydroxyl groups excluding tert-OH is 1. The van der Waals surface area contributed by atoms with Crippen LogP contribution >= 0.6 is 0 Å². The molecular weight excluding hydrogens is 403 g/mol. The van der Waals surface area contributed by atoms with Gasteiger partial charge in [-0.2, -0.15) is 0 Å². The van der Waals surface area contributed by atoms with Crippen LogP contribution in [0.15, 0.2) is 23.0 Å². The van der Waals surface area contributed by atoms with Crippen molar-refractivity contribution in [3.05, 3.63) is 62.2 Å². The molecule has 2 atom stereocenters. The van der Waals surface area contributed by atoms with E-state index < -0.39 is 23.5 Å². The van der Waals surface area contributed by atoms with E-state index in [0.717, 1.165) is 0 Å². The average Bonchev–Trinajstić information content (AvgIpc) is 3.08. The fourth-order valence-corrected chi connectivity index (χ4v) is 4.72. The fraction of sp³-hybridized carbons (Fsp3) is 0.348. The quantitative estimate of drug-likeness (QED) is 0.480. The number of cyclic esters (lactones) is 1. The van der Waals surface area contributed by atoms with Crippen molar-refractivity contribution in [1.82, 2.24) is 9.55 Å². The van der Waals surface area contributed by atoms with Crippen molar-refractivity contribution >= 4 is 16.9 Å². The van der Waals surface area contributed by atoms with Crippen LogP contribution in [-0.4, -0.2) is 25.7 Å². The number of rotatable bonds is 2. The standard InChI is InChI=1S/C23H21FN2O5/c1-4-23(30)15-6-18-20-13(8-26(18)21(28)14(15)9-31-22(23)29)19(11(3)27)12-5-10(2)16(24)7-17(12)25-20/h5-7,11,27,30H,4,8-9H2,1-3H3/t11-,23-/m0/s1. The number of carbonyl (C=O) groups excluding carboxylic acids is 1. The summed E-state index contributed by atoms with van der Waals surface area (Å²) in [5, 5.41) is 22.1. The van der Waals surface area contributed by atoms with Crippen molar-refractivity contribution in [3.8, 4) is 11.4 Å². The van der Waals surface area contributed by atoms with Crippen LogP contribution in [0.3, 0.4) is 0 Å². The Bertz CT molecular complexity index is 1360. The number of carbonyl (C=O) groups is 1. The molecule has 0 unspecified atom stereocenters. The molecule has 7 nitrogen and oxygen atoms in total. The maximum atomic E-state index is 14.3. The SMILES string of the molecule is CC[C@@]1(O)C(=O)OCc2c1cc1n(c2=O)Cc2c-1nc1cc(F)c(C)cc1c2[C@H](C)O. The number of benzene rings is 1. The van der Waals surface area contributed by atoms with E-state index in [-0.39, 0.29) is 36.3 Å². The molecule has 2 aliphatic heterocycles. The van der Waals surface area contributed by atoms with E-state index in [2.05, 4.69) is 4.98 Å². The fourth-order valence-electron chi connectivity index (χ4n) is 4.72. The Morgan fingerprint density at radius 1 is 1.29 bits per heavy atom. The Balaban J connectivity index is 1.86. The number of esters is 1. The van der Waals surface area contributed by atoms with Gasteiger partial charge in [0.05, 0.1) is 35.1 Å². The van der Waals surface area contributed by atoms with Gasteiger partial charge in [-0.3, -0.25) is 4.79 Å². The van der Waals surface area contributed by atoms with Crippen molar-refractivity contribution in [2.75, 3.05) is 0 Å². The number of hydrogen-bond donors (Lipinski definition) is 2. The minimum atomic E-state index is -1.92. The van der Waals surface area contributed by atoms with E-state index >= 15 is 0 Å². The van der Waals surface area contributed by atoms with Crippen LogP contribution in [-0.2, 0) is 28.3 Å². The number of aryl methyl sites for hydroxylation is 1. The Hall–Kier alpha value is -3.10. The summed E-state index contributed by atoms with van der Waals surface area (Å²) in [5.74, 6) is -1.21. The van der Waals surface area contributed by atoms with Gasteiger partial charge in [0.15, 0.2) is 5.60 Å². The maximum Gasteiger partial charge on any atom is 0.343 e. The summed E-state index contributed by atoms with van der Waals surface area (Å²) in [5.41, 5.74) is 1.04.